The third kappa shape index (κ3) is 18.0. The van der Waals surface area contributed by atoms with Crippen LogP contribution in [0.4, 0.5) is 11.9 Å². The maximum absolute atomic E-state index is 4.70. The van der Waals surface area contributed by atoms with Gasteiger partial charge in [-0.25, -0.2) is 0 Å². The lowest BCUT2D eigenvalue weighted by Gasteiger charge is -2.10. The molecule has 0 aliphatic carbocycles. The third-order valence-electron chi connectivity index (χ3n) is 5.97. The number of hydrogen-bond donors (Lipinski definition) is 2. The molecular weight excluding hydrogens is 426 g/mol. The summed E-state index contributed by atoms with van der Waals surface area (Å²) < 4.78 is 0. The molecule has 0 saturated carbocycles. The van der Waals surface area contributed by atoms with E-state index in [0.717, 1.165) is 35.9 Å². The second-order valence-corrected chi connectivity index (χ2v) is 10.3. The van der Waals surface area contributed by atoms with Crippen molar-refractivity contribution in [3.63, 3.8) is 0 Å². The Kier molecular flexibility index (Phi) is 20.7. The molecule has 192 valence electrons. The fourth-order valence-corrected chi connectivity index (χ4v) is 4.67. The summed E-state index contributed by atoms with van der Waals surface area (Å²) in [5.41, 5.74) is 0. The number of nitrogens with one attached hydrogen (secondary N) is 2. The number of aromatic nitrogens is 3. The van der Waals surface area contributed by atoms with E-state index in [1.807, 2.05) is 0 Å². The van der Waals surface area contributed by atoms with Gasteiger partial charge in [0.15, 0.2) is 5.16 Å². The van der Waals surface area contributed by atoms with E-state index in [9.17, 15) is 0 Å². The van der Waals surface area contributed by atoms with Gasteiger partial charge < -0.3 is 10.6 Å². The summed E-state index contributed by atoms with van der Waals surface area (Å²) in [6.07, 6.45) is 23.5. The largest absolute Gasteiger partial charge is 0.354 e. The van der Waals surface area contributed by atoms with Gasteiger partial charge in [-0.05, 0) is 19.3 Å². The standard InChI is InChI=1S/C27H53N5S/c1-4-7-10-13-16-19-22-28-25-30-26(29-23-20-17-14-11-8-5-2)32-27(31-25)33-24-21-18-15-12-9-6-3/h4-24H2,1-3H3,(H2,28,29,30,31,32). The molecule has 5 nitrogen and oxygen atoms in total. The molecule has 0 aliphatic rings. The van der Waals surface area contributed by atoms with Crippen LogP contribution in [0.25, 0.3) is 0 Å². The first-order chi connectivity index (χ1) is 16.3. The van der Waals surface area contributed by atoms with Crippen molar-refractivity contribution in [2.24, 2.45) is 0 Å². The van der Waals surface area contributed by atoms with Crippen LogP contribution in [0.5, 0.6) is 0 Å². The smallest absolute Gasteiger partial charge is 0.228 e. The average molecular weight is 480 g/mol. The summed E-state index contributed by atoms with van der Waals surface area (Å²) in [6.45, 7) is 8.68. The zero-order chi connectivity index (χ0) is 23.8. The molecule has 0 radical (unpaired) electrons. The van der Waals surface area contributed by atoms with Crippen LogP contribution in [-0.2, 0) is 0 Å². The molecule has 1 aromatic heterocycles. The monoisotopic (exact) mass is 479 g/mol. The van der Waals surface area contributed by atoms with Crippen LogP contribution in [0.15, 0.2) is 5.16 Å². The minimum Gasteiger partial charge on any atom is -0.354 e. The van der Waals surface area contributed by atoms with E-state index >= 15 is 0 Å². The van der Waals surface area contributed by atoms with Crippen LogP contribution in [-0.4, -0.2) is 33.8 Å². The first-order valence-corrected chi connectivity index (χ1v) is 15.1. The Labute approximate surface area is 209 Å². The first kappa shape index (κ1) is 30.0. The Bertz CT molecular complexity index is 467. The predicted octanol–water partition coefficient (Wildman–Crippen LogP) is 8.87. The lowest BCUT2D eigenvalue weighted by molar-refractivity contribution is 0.615. The van der Waals surface area contributed by atoms with Crippen LogP contribution in [0.1, 0.15) is 136 Å². The Morgan fingerprint density at radius 3 is 1.33 bits per heavy atom. The molecule has 0 atom stereocenters. The van der Waals surface area contributed by atoms with Gasteiger partial charge in [-0.2, -0.15) is 15.0 Å². The molecule has 0 fully saturated rings. The summed E-state index contributed by atoms with van der Waals surface area (Å²) >= 11 is 1.78. The van der Waals surface area contributed by atoms with Crippen molar-refractivity contribution in [1.82, 2.24) is 15.0 Å². The van der Waals surface area contributed by atoms with Crippen molar-refractivity contribution in [1.29, 1.82) is 0 Å². The van der Waals surface area contributed by atoms with Gasteiger partial charge in [-0.1, -0.05) is 129 Å². The molecular formula is C27H53N5S. The minimum absolute atomic E-state index is 0.731. The van der Waals surface area contributed by atoms with Crippen LogP contribution in [0.3, 0.4) is 0 Å². The van der Waals surface area contributed by atoms with Gasteiger partial charge in [0.25, 0.3) is 0 Å². The summed E-state index contributed by atoms with van der Waals surface area (Å²) in [6, 6.07) is 0. The van der Waals surface area contributed by atoms with Gasteiger partial charge in [-0.3, -0.25) is 0 Å². The molecule has 1 heterocycles. The van der Waals surface area contributed by atoms with Crippen LogP contribution in [0.2, 0.25) is 0 Å². The molecule has 0 amide bonds. The number of hydrogen-bond acceptors (Lipinski definition) is 6. The van der Waals surface area contributed by atoms with E-state index in [-0.39, 0.29) is 0 Å². The van der Waals surface area contributed by atoms with Crippen molar-refractivity contribution >= 4 is 23.7 Å². The highest BCUT2D eigenvalue weighted by Crippen LogP contribution is 2.19. The van der Waals surface area contributed by atoms with Crippen molar-refractivity contribution in [2.75, 3.05) is 29.5 Å². The van der Waals surface area contributed by atoms with E-state index < -0.39 is 0 Å². The molecule has 0 bridgehead atoms. The Hall–Kier alpha value is -1.04. The molecule has 6 heteroatoms. The van der Waals surface area contributed by atoms with Gasteiger partial charge in [0, 0.05) is 18.8 Å². The molecule has 0 aromatic carbocycles. The summed E-state index contributed by atoms with van der Waals surface area (Å²) in [5, 5.41) is 7.76. The fraction of sp³-hybridized carbons (Fsp3) is 0.889. The van der Waals surface area contributed by atoms with E-state index in [0.29, 0.717) is 0 Å². The highest BCUT2D eigenvalue weighted by atomic mass is 32.2. The zero-order valence-corrected chi connectivity index (χ0v) is 22.9. The quantitative estimate of drug-likeness (QED) is 0.114. The number of thioether (sulfide) groups is 1. The number of nitrogens with zero attached hydrogens (tertiary/aromatic N) is 3. The minimum atomic E-state index is 0.731. The van der Waals surface area contributed by atoms with Crippen LogP contribution >= 0.6 is 11.8 Å². The highest BCUT2D eigenvalue weighted by Gasteiger charge is 2.07. The topological polar surface area (TPSA) is 62.7 Å². The molecule has 0 aliphatic heterocycles. The lowest BCUT2D eigenvalue weighted by Crippen LogP contribution is -2.11. The molecule has 0 saturated heterocycles. The van der Waals surface area contributed by atoms with Crippen molar-refractivity contribution in [3.8, 4) is 0 Å². The number of rotatable bonds is 24. The normalized spacial score (nSPS) is 11.1. The second-order valence-electron chi connectivity index (χ2n) is 9.27. The SMILES string of the molecule is CCCCCCCCNc1nc(NCCCCCCCC)nc(SCCCCCCCC)n1. The Balaban J connectivity index is 2.44. The van der Waals surface area contributed by atoms with Crippen molar-refractivity contribution in [2.45, 2.75) is 142 Å². The Morgan fingerprint density at radius 1 is 0.485 bits per heavy atom. The van der Waals surface area contributed by atoms with Gasteiger partial charge >= 0.3 is 0 Å². The van der Waals surface area contributed by atoms with Crippen LogP contribution in [0, 0.1) is 0 Å². The lowest BCUT2D eigenvalue weighted by atomic mass is 10.1. The van der Waals surface area contributed by atoms with Gasteiger partial charge in [0.2, 0.25) is 11.9 Å². The van der Waals surface area contributed by atoms with Crippen molar-refractivity contribution < 1.29 is 0 Å². The van der Waals surface area contributed by atoms with Crippen LogP contribution < -0.4 is 10.6 Å². The highest BCUT2D eigenvalue weighted by molar-refractivity contribution is 7.99. The zero-order valence-electron chi connectivity index (χ0n) is 22.1. The molecule has 1 rings (SSSR count). The number of unbranched alkanes of at least 4 members (excludes halogenated alkanes) is 15. The molecule has 2 N–H and O–H groups in total. The maximum atomic E-state index is 4.70. The Morgan fingerprint density at radius 2 is 0.879 bits per heavy atom. The molecule has 1 aromatic rings. The molecule has 0 unspecified atom stereocenters. The van der Waals surface area contributed by atoms with E-state index in [2.05, 4.69) is 36.4 Å². The number of anilines is 2. The summed E-state index contributed by atoms with van der Waals surface area (Å²) in [4.78, 5) is 14.0. The predicted molar refractivity (Wildman–Crippen MR) is 148 cm³/mol. The summed E-state index contributed by atoms with van der Waals surface area (Å²) in [5.74, 6) is 2.55. The van der Waals surface area contributed by atoms with Gasteiger partial charge in [0.05, 0.1) is 0 Å². The molecule has 33 heavy (non-hydrogen) atoms. The molecule has 0 spiro atoms. The van der Waals surface area contributed by atoms with E-state index in [1.165, 1.54) is 116 Å². The summed E-state index contributed by atoms with van der Waals surface area (Å²) in [7, 11) is 0. The van der Waals surface area contributed by atoms with E-state index in [1.54, 1.807) is 11.8 Å². The van der Waals surface area contributed by atoms with Gasteiger partial charge in [-0.15, -0.1) is 0 Å². The first-order valence-electron chi connectivity index (χ1n) is 14.2. The maximum Gasteiger partial charge on any atom is 0.228 e. The van der Waals surface area contributed by atoms with Crippen molar-refractivity contribution in [3.05, 3.63) is 0 Å². The third-order valence-corrected chi connectivity index (χ3v) is 6.90. The average Bonchev–Trinajstić information content (AvgIpc) is 2.82. The van der Waals surface area contributed by atoms with Gasteiger partial charge in [0.1, 0.15) is 0 Å². The second kappa shape index (κ2) is 22.7. The van der Waals surface area contributed by atoms with E-state index in [4.69, 9.17) is 9.97 Å². The fourth-order valence-electron chi connectivity index (χ4n) is 3.84.